The van der Waals surface area contributed by atoms with Gasteiger partial charge in [0.25, 0.3) is 5.56 Å². The van der Waals surface area contributed by atoms with Crippen molar-refractivity contribution in [3.63, 3.8) is 0 Å². The van der Waals surface area contributed by atoms with E-state index in [9.17, 15) is 27.6 Å². The first-order chi connectivity index (χ1) is 13.7. The first-order valence-corrected chi connectivity index (χ1v) is 8.92. The highest BCUT2D eigenvalue weighted by Gasteiger charge is 2.30. The second-order valence-electron chi connectivity index (χ2n) is 6.47. The number of para-hydroxylation sites is 1. The lowest BCUT2D eigenvalue weighted by Crippen LogP contribution is -2.41. The summed E-state index contributed by atoms with van der Waals surface area (Å²) in [4.78, 5) is 37.7. The van der Waals surface area contributed by atoms with Gasteiger partial charge in [0.15, 0.2) is 0 Å². The van der Waals surface area contributed by atoms with Gasteiger partial charge < -0.3 is 5.32 Å². The first-order valence-electron chi connectivity index (χ1n) is 8.92. The molecule has 0 atom stereocenters. The van der Waals surface area contributed by atoms with Crippen LogP contribution in [0.1, 0.15) is 18.9 Å². The molecular formula is C20H18F3N3O3. The Balaban J connectivity index is 1.92. The van der Waals surface area contributed by atoms with Gasteiger partial charge in [-0.1, -0.05) is 19.1 Å². The van der Waals surface area contributed by atoms with Gasteiger partial charge >= 0.3 is 11.9 Å². The van der Waals surface area contributed by atoms with Crippen molar-refractivity contribution in [2.75, 3.05) is 5.32 Å². The van der Waals surface area contributed by atoms with Crippen LogP contribution in [0.5, 0.6) is 0 Å². The van der Waals surface area contributed by atoms with Crippen molar-refractivity contribution in [3.8, 4) is 0 Å². The molecule has 0 fully saturated rings. The molecule has 3 aromatic rings. The van der Waals surface area contributed by atoms with Crippen LogP contribution in [-0.2, 0) is 24.1 Å². The molecule has 0 saturated carbocycles. The van der Waals surface area contributed by atoms with Crippen molar-refractivity contribution in [1.82, 2.24) is 9.13 Å². The average Bonchev–Trinajstić information content (AvgIpc) is 2.68. The molecule has 0 aliphatic carbocycles. The summed E-state index contributed by atoms with van der Waals surface area (Å²) in [6.07, 6.45) is -3.91. The Kier molecular flexibility index (Phi) is 5.58. The molecule has 2 aromatic carbocycles. The smallest absolute Gasteiger partial charge is 0.325 e. The van der Waals surface area contributed by atoms with Crippen molar-refractivity contribution >= 4 is 22.5 Å². The van der Waals surface area contributed by atoms with Crippen LogP contribution in [0.15, 0.2) is 58.1 Å². The van der Waals surface area contributed by atoms with E-state index >= 15 is 0 Å². The van der Waals surface area contributed by atoms with Crippen molar-refractivity contribution in [3.05, 3.63) is 74.9 Å². The summed E-state index contributed by atoms with van der Waals surface area (Å²) in [6.45, 7) is 1.65. The van der Waals surface area contributed by atoms with Gasteiger partial charge in [0.2, 0.25) is 5.91 Å². The van der Waals surface area contributed by atoms with Gasteiger partial charge in [0.1, 0.15) is 6.54 Å². The molecular weight excluding hydrogens is 387 g/mol. The molecule has 0 unspecified atom stereocenters. The standard InChI is InChI=1S/C20H18F3N3O3/c1-2-11-25-18(28)15-5-3-4-6-16(15)26(19(25)29)12-17(27)24-14-9-7-13(8-10-14)20(21,22)23/h3-10H,2,11-12H2,1H3,(H,24,27). The number of fused-ring (bicyclic) bond motifs is 1. The number of aromatic nitrogens is 2. The van der Waals surface area contributed by atoms with Crippen molar-refractivity contribution in [1.29, 1.82) is 0 Å². The van der Waals surface area contributed by atoms with E-state index in [4.69, 9.17) is 0 Å². The fourth-order valence-corrected chi connectivity index (χ4v) is 3.03. The second-order valence-corrected chi connectivity index (χ2v) is 6.47. The SMILES string of the molecule is CCCn1c(=O)c2ccccc2n(CC(=O)Nc2ccc(C(F)(F)F)cc2)c1=O. The predicted molar refractivity (Wildman–Crippen MR) is 103 cm³/mol. The van der Waals surface area contributed by atoms with E-state index in [2.05, 4.69) is 5.32 Å². The Labute approximate surface area is 163 Å². The van der Waals surface area contributed by atoms with Crippen molar-refractivity contribution in [2.45, 2.75) is 32.6 Å². The first kappa shape index (κ1) is 20.4. The summed E-state index contributed by atoms with van der Waals surface area (Å²) in [5, 5.41) is 2.78. The number of carbonyl (C=O) groups is 1. The molecule has 3 rings (SSSR count). The van der Waals surface area contributed by atoms with Crippen LogP contribution in [0.25, 0.3) is 10.9 Å². The maximum atomic E-state index is 12.8. The van der Waals surface area contributed by atoms with Gasteiger partial charge in [-0.15, -0.1) is 0 Å². The van der Waals surface area contributed by atoms with Crippen LogP contribution in [0.3, 0.4) is 0 Å². The van der Waals surface area contributed by atoms with E-state index in [0.29, 0.717) is 17.3 Å². The molecule has 0 aliphatic rings. The molecule has 29 heavy (non-hydrogen) atoms. The van der Waals surface area contributed by atoms with Gasteiger partial charge in [-0.25, -0.2) is 4.79 Å². The number of nitrogens with zero attached hydrogens (tertiary/aromatic N) is 2. The van der Waals surface area contributed by atoms with E-state index in [1.807, 2.05) is 6.92 Å². The number of amides is 1. The molecule has 0 saturated heterocycles. The Morgan fingerprint density at radius 1 is 1.00 bits per heavy atom. The Bertz CT molecular complexity index is 1160. The molecule has 1 aromatic heterocycles. The maximum Gasteiger partial charge on any atom is 0.416 e. The normalized spacial score (nSPS) is 11.6. The third-order valence-corrected chi connectivity index (χ3v) is 4.38. The minimum Gasteiger partial charge on any atom is -0.325 e. The van der Waals surface area contributed by atoms with Crippen molar-refractivity contribution in [2.24, 2.45) is 0 Å². The zero-order valence-corrected chi connectivity index (χ0v) is 15.5. The topological polar surface area (TPSA) is 73.1 Å². The summed E-state index contributed by atoms with van der Waals surface area (Å²) < 4.78 is 40.2. The monoisotopic (exact) mass is 405 g/mol. The van der Waals surface area contributed by atoms with Crippen LogP contribution >= 0.6 is 0 Å². The molecule has 6 nitrogen and oxygen atoms in total. The zero-order valence-electron chi connectivity index (χ0n) is 15.5. The van der Waals surface area contributed by atoms with E-state index < -0.39 is 28.9 Å². The molecule has 0 bridgehead atoms. The van der Waals surface area contributed by atoms with Crippen LogP contribution in [-0.4, -0.2) is 15.0 Å². The molecule has 0 radical (unpaired) electrons. The Morgan fingerprint density at radius 3 is 2.28 bits per heavy atom. The number of carbonyl (C=O) groups excluding carboxylic acids is 1. The van der Waals surface area contributed by atoms with E-state index in [0.717, 1.165) is 28.8 Å². The van der Waals surface area contributed by atoms with E-state index in [1.54, 1.807) is 24.3 Å². The number of rotatable bonds is 5. The number of benzene rings is 2. The fraction of sp³-hybridized carbons (Fsp3) is 0.250. The van der Waals surface area contributed by atoms with Crippen LogP contribution < -0.4 is 16.6 Å². The molecule has 0 spiro atoms. The predicted octanol–water partition coefficient (Wildman–Crippen LogP) is 3.23. The lowest BCUT2D eigenvalue weighted by molar-refractivity contribution is -0.137. The minimum atomic E-state index is -4.47. The highest BCUT2D eigenvalue weighted by Crippen LogP contribution is 2.29. The lowest BCUT2D eigenvalue weighted by Gasteiger charge is -2.14. The Morgan fingerprint density at radius 2 is 1.66 bits per heavy atom. The van der Waals surface area contributed by atoms with Gasteiger partial charge in [-0.3, -0.25) is 18.7 Å². The third-order valence-electron chi connectivity index (χ3n) is 4.38. The van der Waals surface area contributed by atoms with Crippen LogP contribution in [0, 0.1) is 0 Å². The number of nitrogens with one attached hydrogen (secondary N) is 1. The summed E-state index contributed by atoms with van der Waals surface area (Å²) in [5.74, 6) is -0.598. The zero-order chi connectivity index (χ0) is 21.2. The molecule has 9 heteroatoms. The highest BCUT2D eigenvalue weighted by molar-refractivity contribution is 5.91. The molecule has 1 N–H and O–H groups in total. The number of anilines is 1. The van der Waals surface area contributed by atoms with Gasteiger partial charge in [0, 0.05) is 12.2 Å². The molecule has 1 amide bonds. The second kappa shape index (κ2) is 7.94. The minimum absolute atomic E-state index is 0.169. The number of alkyl halides is 3. The molecule has 1 heterocycles. The number of halogens is 3. The van der Waals surface area contributed by atoms with E-state index in [-0.39, 0.29) is 18.8 Å². The van der Waals surface area contributed by atoms with Gasteiger partial charge in [-0.2, -0.15) is 13.2 Å². The van der Waals surface area contributed by atoms with E-state index in [1.165, 1.54) is 4.57 Å². The van der Waals surface area contributed by atoms with Gasteiger partial charge in [0.05, 0.1) is 16.5 Å². The lowest BCUT2D eigenvalue weighted by atomic mass is 10.2. The number of hydrogen-bond acceptors (Lipinski definition) is 3. The quantitative estimate of drug-likeness (QED) is 0.708. The Hall–Kier alpha value is -3.36. The van der Waals surface area contributed by atoms with Crippen LogP contribution in [0.2, 0.25) is 0 Å². The van der Waals surface area contributed by atoms with Crippen LogP contribution in [0.4, 0.5) is 18.9 Å². The largest absolute Gasteiger partial charge is 0.416 e. The van der Waals surface area contributed by atoms with Gasteiger partial charge in [-0.05, 0) is 42.8 Å². The molecule has 0 aliphatic heterocycles. The summed E-state index contributed by atoms with van der Waals surface area (Å²) >= 11 is 0. The summed E-state index contributed by atoms with van der Waals surface area (Å²) in [6, 6.07) is 10.5. The van der Waals surface area contributed by atoms with Crippen molar-refractivity contribution < 1.29 is 18.0 Å². The average molecular weight is 405 g/mol. The number of hydrogen-bond donors (Lipinski definition) is 1. The third kappa shape index (κ3) is 4.23. The molecule has 152 valence electrons. The maximum absolute atomic E-state index is 12.8. The summed E-state index contributed by atoms with van der Waals surface area (Å²) in [7, 11) is 0. The summed E-state index contributed by atoms with van der Waals surface area (Å²) in [5.41, 5.74) is -1.38. The fourth-order valence-electron chi connectivity index (χ4n) is 3.03. The highest BCUT2D eigenvalue weighted by atomic mass is 19.4.